The molecule has 0 radical (unpaired) electrons. The van der Waals surface area contributed by atoms with Crippen LogP contribution >= 0.6 is 15.9 Å². The van der Waals surface area contributed by atoms with Gasteiger partial charge in [-0.2, -0.15) is 0 Å². The largest absolute Gasteiger partial charge is 0.489 e. The molecule has 0 unspecified atom stereocenters. The van der Waals surface area contributed by atoms with Crippen LogP contribution < -0.4 is 4.74 Å². The fourth-order valence-corrected chi connectivity index (χ4v) is 7.52. The number of hydrogen-bond donors (Lipinski definition) is 1. The number of halogens is 1. The number of carbonyl (C=O) groups is 3. The Morgan fingerprint density at radius 3 is 2.05 bits per heavy atom. The number of carboxylic acid groups (broad SMARTS) is 1. The van der Waals surface area contributed by atoms with Gasteiger partial charge in [-0.3, -0.25) is 14.4 Å². The molecular weight excluding hydrogens is 618 g/mol. The summed E-state index contributed by atoms with van der Waals surface area (Å²) in [6.45, 7) is 8.89. The molecule has 0 saturated heterocycles. The van der Waals surface area contributed by atoms with E-state index in [2.05, 4.69) is 43.6 Å². The van der Waals surface area contributed by atoms with Crippen LogP contribution in [0.5, 0.6) is 5.75 Å². The molecule has 1 N–H and O–H groups in total. The van der Waals surface area contributed by atoms with E-state index in [-0.39, 0.29) is 35.4 Å². The number of aliphatic carboxylic acids is 1. The molecule has 2 aliphatic carbocycles. The zero-order valence-corrected chi connectivity index (χ0v) is 27.3. The molecule has 6 nitrogen and oxygen atoms in total. The standard InChI is InChI=1S/C37H38BrNO5/c1-36(2)17-26-33(28(40)19-36)35(34-27(39(26)16-15-31(42)43)18-37(3,4)20-29(34)41)32-25-8-6-5-7-23(25)11-14-30(32)44-21-22-9-12-24(38)13-10-22/h5-14,35H,15-21H2,1-4H3,(H,42,43). The van der Waals surface area contributed by atoms with Crippen LogP contribution in [0.2, 0.25) is 0 Å². The highest BCUT2D eigenvalue weighted by Crippen LogP contribution is 2.56. The Labute approximate surface area is 266 Å². The van der Waals surface area contributed by atoms with Crippen LogP contribution in [0.25, 0.3) is 10.8 Å². The van der Waals surface area contributed by atoms with E-state index in [1.807, 2.05) is 65.6 Å². The van der Waals surface area contributed by atoms with E-state index in [9.17, 15) is 19.5 Å². The summed E-state index contributed by atoms with van der Waals surface area (Å²) in [5, 5.41) is 11.6. The first kappa shape index (κ1) is 30.3. The Bertz CT molecular complexity index is 1690. The smallest absolute Gasteiger partial charge is 0.305 e. The molecule has 0 bridgehead atoms. The van der Waals surface area contributed by atoms with Gasteiger partial charge in [0.25, 0.3) is 0 Å². The van der Waals surface area contributed by atoms with Crippen LogP contribution in [0.15, 0.2) is 87.7 Å². The van der Waals surface area contributed by atoms with E-state index in [1.54, 1.807) is 0 Å². The van der Waals surface area contributed by atoms with E-state index >= 15 is 0 Å². The van der Waals surface area contributed by atoms with Gasteiger partial charge in [0, 0.05) is 57.9 Å². The van der Waals surface area contributed by atoms with Crippen molar-refractivity contribution in [3.05, 3.63) is 98.8 Å². The molecule has 3 aliphatic rings. The first-order chi connectivity index (χ1) is 20.8. The quantitative estimate of drug-likeness (QED) is 0.275. The number of benzene rings is 3. The minimum Gasteiger partial charge on any atom is -0.489 e. The predicted molar refractivity (Wildman–Crippen MR) is 174 cm³/mol. The predicted octanol–water partition coefficient (Wildman–Crippen LogP) is 8.34. The van der Waals surface area contributed by atoms with Gasteiger partial charge in [0.2, 0.25) is 0 Å². The molecule has 44 heavy (non-hydrogen) atoms. The van der Waals surface area contributed by atoms with Crippen molar-refractivity contribution in [3.8, 4) is 5.75 Å². The Balaban J connectivity index is 1.61. The van der Waals surface area contributed by atoms with Gasteiger partial charge in [-0.1, -0.05) is 86.1 Å². The Hall–Kier alpha value is -3.71. The van der Waals surface area contributed by atoms with Gasteiger partial charge in [0.05, 0.1) is 6.42 Å². The molecule has 0 atom stereocenters. The van der Waals surface area contributed by atoms with Gasteiger partial charge in [0.1, 0.15) is 12.4 Å². The maximum Gasteiger partial charge on any atom is 0.305 e. The minimum absolute atomic E-state index is 0.0116. The number of hydrogen-bond acceptors (Lipinski definition) is 5. The lowest BCUT2D eigenvalue weighted by atomic mass is 9.63. The number of rotatable bonds is 7. The van der Waals surface area contributed by atoms with Crippen molar-refractivity contribution in [1.29, 1.82) is 0 Å². The van der Waals surface area contributed by atoms with Gasteiger partial charge in [-0.25, -0.2) is 0 Å². The first-order valence-corrected chi connectivity index (χ1v) is 16.0. The number of carbonyl (C=O) groups excluding carboxylic acids is 2. The summed E-state index contributed by atoms with van der Waals surface area (Å²) in [6, 6.07) is 20.0. The van der Waals surface area contributed by atoms with Crippen LogP contribution in [0.1, 0.15) is 76.8 Å². The molecule has 1 aliphatic heterocycles. The first-order valence-electron chi connectivity index (χ1n) is 15.2. The molecule has 3 aromatic carbocycles. The van der Waals surface area contributed by atoms with Gasteiger partial charge in [0.15, 0.2) is 11.6 Å². The third-order valence-electron chi connectivity index (χ3n) is 9.10. The number of Topliss-reactive ketones (excluding diaryl/α,β-unsaturated/α-hetero) is 2. The monoisotopic (exact) mass is 655 g/mol. The van der Waals surface area contributed by atoms with Crippen molar-refractivity contribution in [2.75, 3.05) is 6.54 Å². The zero-order chi connectivity index (χ0) is 31.4. The molecule has 0 amide bonds. The second-order valence-electron chi connectivity index (χ2n) is 13.9. The van der Waals surface area contributed by atoms with Crippen LogP contribution in [-0.4, -0.2) is 34.1 Å². The maximum atomic E-state index is 14.3. The average Bonchev–Trinajstić information content (AvgIpc) is 2.94. The van der Waals surface area contributed by atoms with Crippen molar-refractivity contribution in [2.24, 2.45) is 10.8 Å². The van der Waals surface area contributed by atoms with Crippen molar-refractivity contribution in [1.82, 2.24) is 4.90 Å². The van der Waals surface area contributed by atoms with E-state index in [0.29, 0.717) is 49.2 Å². The van der Waals surface area contributed by atoms with Crippen molar-refractivity contribution >= 4 is 44.2 Å². The van der Waals surface area contributed by atoms with Crippen molar-refractivity contribution in [2.45, 2.75) is 72.3 Å². The lowest BCUT2D eigenvalue weighted by Crippen LogP contribution is -2.45. The number of fused-ring (bicyclic) bond motifs is 1. The Morgan fingerprint density at radius 1 is 0.864 bits per heavy atom. The summed E-state index contributed by atoms with van der Waals surface area (Å²) in [5.41, 5.74) is 4.18. The SMILES string of the molecule is CC1(C)CC(=O)C2=C(C1)N(CCC(=O)O)C1=C(C(=O)CC(C)(C)C1)C2c1c(OCc2ccc(Br)cc2)ccc2ccccc12. The average molecular weight is 657 g/mol. The molecule has 0 fully saturated rings. The third-order valence-corrected chi connectivity index (χ3v) is 9.63. The number of nitrogens with zero attached hydrogens (tertiary/aromatic N) is 1. The fraction of sp³-hybridized carbons (Fsp3) is 0.378. The van der Waals surface area contributed by atoms with Crippen molar-refractivity contribution < 1.29 is 24.2 Å². The molecule has 228 valence electrons. The molecule has 0 saturated carbocycles. The molecule has 0 aromatic heterocycles. The fourth-order valence-electron chi connectivity index (χ4n) is 7.25. The highest BCUT2D eigenvalue weighted by Gasteiger charge is 2.49. The molecular formula is C37H38BrNO5. The molecule has 6 rings (SSSR count). The summed E-state index contributed by atoms with van der Waals surface area (Å²) in [4.78, 5) is 42.4. The summed E-state index contributed by atoms with van der Waals surface area (Å²) >= 11 is 3.50. The summed E-state index contributed by atoms with van der Waals surface area (Å²) in [6.07, 6.45) is 1.87. The number of ketones is 2. The van der Waals surface area contributed by atoms with Crippen LogP contribution in [-0.2, 0) is 21.0 Å². The Kier molecular flexibility index (Phi) is 7.81. The zero-order valence-electron chi connectivity index (χ0n) is 25.7. The second-order valence-corrected chi connectivity index (χ2v) is 14.9. The number of allylic oxidation sites excluding steroid dienone is 4. The molecule has 1 heterocycles. The summed E-state index contributed by atoms with van der Waals surface area (Å²) < 4.78 is 7.55. The second kappa shape index (κ2) is 11.3. The molecule has 7 heteroatoms. The lowest BCUT2D eigenvalue weighted by molar-refractivity contribution is -0.137. The lowest BCUT2D eigenvalue weighted by Gasteiger charge is -2.49. The van der Waals surface area contributed by atoms with Gasteiger partial charge >= 0.3 is 5.97 Å². The van der Waals surface area contributed by atoms with Crippen LogP contribution in [0.4, 0.5) is 0 Å². The molecule has 3 aromatic rings. The highest BCUT2D eigenvalue weighted by molar-refractivity contribution is 9.10. The summed E-state index contributed by atoms with van der Waals surface area (Å²) in [5.74, 6) is -0.837. The van der Waals surface area contributed by atoms with Crippen LogP contribution in [0, 0.1) is 10.8 Å². The summed E-state index contributed by atoms with van der Waals surface area (Å²) in [7, 11) is 0. The third kappa shape index (κ3) is 5.74. The van der Waals surface area contributed by atoms with Gasteiger partial charge in [-0.15, -0.1) is 0 Å². The molecule has 0 spiro atoms. The van der Waals surface area contributed by atoms with Gasteiger partial charge in [-0.05, 0) is 58.2 Å². The van der Waals surface area contributed by atoms with Crippen molar-refractivity contribution in [3.63, 3.8) is 0 Å². The highest BCUT2D eigenvalue weighted by atomic mass is 79.9. The number of carboxylic acids is 1. The van der Waals surface area contributed by atoms with Crippen LogP contribution in [0.3, 0.4) is 0 Å². The number of ether oxygens (including phenoxy) is 1. The maximum absolute atomic E-state index is 14.3. The topological polar surface area (TPSA) is 83.9 Å². The van der Waals surface area contributed by atoms with E-state index in [0.717, 1.165) is 37.8 Å². The Morgan fingerprint density at radius 2 is 1.45 bits per heavy atom. The normalized spacial score (nSPS) is 19.7. The minimum atomic E-state index is -0.906. The van der Waals surface area contributed by atoms with E-state index in [4.69, 9.17) is 4.74 Å². The van der Waals surface area contributed by atoms with Gasteiger partial charge < -0.3 is 14.7 Å². The van der Waals surface area contributed by atoms with E-state index < -0.39 is 11.9 Å². The van der Waals surface area contributed by atoms with E-state index in [1.165, 1.54) is 0 Å².